The Morgan fingerprint density at radius 1 is 1.25 bits per heavy atom. The van der Waals surface area contributed by atoms with Crippen LogP contribution in [-0.4, -0.2) is 29.8 Å². The van der Waals surface area contributed by atoms with Crippen molar-refractivity contribution in [1.29, 1.82) is 0 Å². The molecular formula is C10H19NO. The Hall–Kier alpha value is -0.0800. The summed E-state index contributed by atoms with van der Waals surface area (Å²) in [4.78, 5) is 2.56. The Kier molecular flexibility index (Phi) is 2.37. The standard InChI is InChI=1S/C10H19NO/c1-8(2)11(9-5-6-9)10-4-3-7-12-10/h8-10H,3-7H2,1-2H3/t10-/m1/s1. The summed E-state index contributed by atoms with van der Waals surface area (Å²) in [7, 11) is 0. The van der Waals surface area contributed by atoms with Crippen LogP contribution in [0.5, 0.6) is 0 Å². The molecule has 2 rings (SSSR count). The monoisotopic (exact) mass is 169 g/mol. The number of nitrogens with zero attached hydrogens (tertiary/aromatic N) is 1. The Balaban J connectivity index is 1.94. The van der Waals surface area contributed by atoms with E-state index in [1.807, 2.05) is 0 Å². The van der Waals surface area contributed by atoms with Gasteiger partial charge in [0.15, 0.2) is 0 Å². The molecule has 0 radical (unpaired) electrons. The molecular weight excluding hydrogens is 150 g/mol. The van der Waals surface area contributed by atoms with E-state index in [9.17, 15) is 0 Å². The normalized spacial score (nSPS) is 30.5. The quantitative estimate of drug-likeness (QED) is 0.640. The summed E-state index contributed by atoms with van der Waals surface area (Å²) < 4.78 is 5.70. The molecule has 0 spiro atoms. The third-order valence-corrected chi connectivity index (χ3v) is 2.80. The van der Waals surface area contributed by atoms with Gasteiger partial charge in [-0.3, -0.25) is 4.90 Å². The number of ether oxygens (including phenoxy) is 1. The Morgan fingerprint density at radius 2 is 2.00 bits per heavy atom. The van der Waals surface area contributed by atoms with Crippen molar-refractivity contribution >= 4 is 0 Å². The highest BCUT2D eigenvalue weighted by Crippen LogP contribution is 2.33. The maximum Gasteiger partial charge on any atom is 0.111 e. The first kappa shape index (κ1) is 8.52. The van der Waals surface area contributed by atoms with Gasteiger partial charge < -0.3 is 4.74 Å². The van der Waals surface area contributed by atoms with Crippen LogP contribution in [0, 0.1) is 0 Å². The van der Waals surface area contributed by atoms with Crippen molar-refractivity contribution in [2.45, 2.75) is 57.8 Å². The van der Waals surface area contributed by atoms with Crippen LogP contribution in [0.2, 0.25) is 0 Å². The van der Waals surface area contributed by atoms with Crippen molar-refractivity contribution in [3.8, 4) is 0 Å². The van der Waals surface area contributed by atoms with Crippen molar-refractivity contribution in [3.05, 3.63) is 0 Å². The molecule has 1 aliphatic heterocycles. The van der Waals surface area contributed by atoms with E-state index in [1.165, 1.54) is 25.7 Å². The van der Waals surface area contributed by atoms with E-state index in [0.29, 0.717) is 12.3 Å². The van der Waals surface area contributed by atoms with Gasteiger partial charge in [-0.05, 0) is 39.5 Å². The van der Waals surface area contributed by atoms with Gasteiger partial charge in [0.05, 0.1) is 0 Å². The van der Waals surface area contributed by atoms with Crippen molar-refractivity contribution in [1.82, 2.24) is 4.90 Å². The minimum absolute atomic E-state index is 0.442. The van der Waals surface area contributed by atoms with Gasteiger partial charge in [0.2, 0.25) is 0 Å². The lowest BCUT2D eigenvalue weighted by atomic mass is 10.2. The molecule has 12 heavy (non-hydrogen) atoms. The molecule has 2 nitrogen and oxygen atoms in total. The average molecular weight is 169 g/mol. The zero-order valence-corrected chi connectivity index (χ0v) is 8.12. The molecule has 0 aromatic heterocycles. The van der Waals surface area contributed by atoms with E-state index in [1.54, 1.807) is 0 Å². The van der Waals surface area contributed by atoms with Crippen LogP contribution in [0.25, 0.3) is 0 Å². The largest absolute Gasteiger partial charge is 0.363 e. The van der Waals surface area contributed by atoms with E-state index in [2.05, 4.69) is 18.7 Å². The molecule has 1 saturated heterocycles. The van der Waals surface area contributed by atoms with Gasteiger partial charge in [0.25, 0.3) is 0 Å². The minimum atomic E-state index is 0.442. The predicted octanol–water partition coefficient (Wildman–Crippen LogP) is 2.00. The molecule has 0 bridgehead atoms. The van der Waals surface area contributed by atoms with Crippen LogP contribution in [0.1, 0.15) is 39.5 Å². The Bertz CT molecular complexity index is 146. The highest BCUT2D eigenvalue weighted by atomic mass is 16.5. The van der Waals surface area contributed by atoms with Gasteiger partial charge in [-0.15, -0.1) is 0 Å². The molecule has 0 aromatic carbocycles. The summed E-state index contributed by atoms with van der Waals surface area (Å²) in [5.41, 5.74) is 0. The van der Waals surface area contributed by atoms with E-state index in [0.717, 1.165) is 12.6 Å². The second kappa shape index (κ2) is 3.35. The SMILES string of the molecule is CC(C)N(C1CC1)[C@H]1CCCO1. The molecule has 0 N–H and O–H groups in total. The third kappa shape index (κ3) is 1.64. The van der Waals surface area contributed by atoms with Crippen LogP contribution in [-0.2, 0) is 4.74 Å². The predicted molar refractivity (Wildman–Crippen MR) is 49.0 cm³/mol. The molecule has 0 amide bonds. The Labute approximate surface area is 74.9 Å². The molecule has 70 valence electrons. The zero-order chi connectivity index (χ0) is 8.55. The fourth-order valence-corrected chi connectivity index (χ4v) is 2.16. The topological polar surface area (TPSA) is 12.5 Å². The lowest BCUT2D eigenvalue weighted by Crippen LogP contribution is -2.41. The molecule has 0 aromatic rings. The van der Waals surface area contributed by atoms with Crippen molar-refractivity contribution in [3.63, 3.8) is 0 Å². The van der Waals surface area contributed by atoms with Crippen LogP contribution >= 0.6 is 0 Å². The Morgan fingerprint density at radius 3 is 2.42 bits per heavy atom. The van der Waals surface area contributed by atoms with E-state index in [4.69, 9.17) is 4.74 Å². The third-order valence-electron chi connectivity index (χ3n) is 2.80. The molecule has 0 unspecified atom stereocenters. The first-order valence-corrected chi connectivity index (χ1v) is 5.18. The summed E-state index contributed by atoms with van der Waals surface area (Å²) in [6, 6.07) is 1.49. The van der Waals surface area contributed by atoms with Gasteiger partial charge in [-0.1, -0.05) is 0 Å². The molecule has 1 heterocycles. The van der Waals surface area contributed by atoms with Gasteiger partial charge in [0.1, 0.15) is 6.23 Å². The summed E-state index contributed by atoms with van der Waals surface area (Å²) >= 11 is 0. The fourth-order valence-electron chi connectivity index (χ4n) is 2.16. The summed E-state index contributed by atoms with van der Waals surface area (Å²) in [6.45, 7) is 5.53. The lowest BCUT2D eigenvalue weighted by molar-refractivity contribution is -0.0417. The van der Waals surface area contributed by atoms with E-state index >= 15 is 0 Å². The van der Waals surface area contributed by atoms with E-state index in [-0.39, 0.29) is 0 Å². The van der Waals surface area contributed by atoms with Gasteiger partial charge in [0, 0.05) is 18.7 Å². The molecule has 2 aliphatic rings. The summed E-state index contributed by atoms with van der Waals surface area (Å²) in [5.74, 6) is 0. The first-order chi connectivity index (χ1) is 5.79. The molecule has 1 atom stereocenters. The summed E-state index contributed by atoms with van der Waals surface area (Å²) in [6.07, 6.45) is 5.71. The zero-order valence-electron chi connectivity index (χ0n) is 8.12. The highest BCUT2D eigenvalue weighted by molar-refractivity contribution is 4.88. The maximum atomic E-state index is 5.70. The van der Waals surface area contributed by atoms with Gasteiger partial charge in [-0.25, -0.2) is 0 Å². The number of rotatable bonds is 3. The molecule has 1 aliphatic carbocycles. The summed E-state index contributed by atoms with van der Waals surface area (Å²) in [5, 5.41) is 0. The number of hydrogen-bond donors (Lipinski definition) is 0. The molecule has 2 fully saturated rings. The van der Waals surface area contributed by atoms with Crippen molar-refractivity contribution in [2.75, 3.05) is 6.61 Å². The fraction of sp³-hybridized carbons (Fsp3) is 1.00. The smallest absolute Gasteiger partial charge is 0.111 e. The average Bonchev–Trinajstić information content (AvgIpc) is 2.65. The van der Waals surface area contributed by atoms with Gasteiger partial charge >= 0.3 is 0 Å². The maximum absolute atomic E-state index is 5.70. The van der Waals surface area contributed by atoms with Crippen molar-refractivity contribution < 1.29 is 4.74 Å². The number of hydrogen-bond acceptors (Lipinski definition) is 2. The first-order valence-electron chi connectivity index (χ1n) is 5.18. The van der Waals surface area contributed by atoms with Gasteiger partial charge in [-0.2, -0.15) is 0 Å². The van der Waals surface area contributed by atoms with Crippen LogP contribution in [0.15, 0.2) is 0 Å². The van der Waals surface area contributed by atoms with Crippen LogP contribution < -0.4 is 0 Å². The minimum Gasteiger partial charge on any atom is -0.363 e. The van der Waals surface area contributed by atoms with Crippen LogP contribution in [0.3, 0.4) is 0 Å². The van der Waals surface area contributed by atoms with Crippen LogP contribution in [0.4, 0.5) is 0 Å². The van der Waals surface area contributed by atoms with E-state index < -0.39 is 0 Å². The highest BCUT2D eigenvalue weighted by Gasteiger charge is 2.37. The van der Waals surface area contributed by atoms with Crippen molar-refractivity contribution in [2.24, 2.45) is 0 Å². The second-order valence-corrected chi connectivity index (χ2v) is 4.24. The molecule has 1 saturated carbocycles. The second-order valence-electron chi connectivity index (χ2n) is 4.24. The molecule has 2 heteroatoms. The lowest BCUT2D eigenvalue weighted by Gasteiger charge is -2.31.